The van der Waals surface area contributed by atoms with Crippen LogP contribution in [-0.2, 0) is 11.3 Å². The number of fused-ring (bicyclic) bond motifs is 1. The highest BCUT2D eigenvalue weighted by Crippen LogP contribution is 2.41. The number of carbonyl (C=O) groups is 2. The number of methoxy groups -OCH3 is 1. The third-order valence-electron chi connectivity index (χ3n) is 7.48. The van der Waals surface area contributed by atoms with Gasteiger partial charge in [-0.05, 0) is 39.1 Å². The van der Waals surface area contributed by atoms with Crippen molar-refractivity contribution in [3.05, 3.63) is 57.3 Å². The second-order valence-electron chi connectivity index (χ2n) is 10.3. The Labute approximate surface area is 243 Å². The van der Waals surface area contributed by atoms with Crippen LogP contribution in [0.2, 0.25) is 5.15 Å². The van der Waals surface area contributed by atoms with E-state index < -0.39 is 0 Å². The molecule has 12 nitrogen and oxygen atoms in total. The van der Waals surface area contributed by atoms with Crippen LogP contribution >= 0.6 is 11.6 Å². The number of halogens is 1. The monoisotopic (exact) mass is 579 g/mol. The fourth-order valence-corrected chi connectivity index (χ4v) is 5.43. The molecule has 3 aromatic rings. The van der Waals surface area contributed by atoms with Crippen LogP contribution in [0.1, 0.15) is 38.6 Å². The predicted octanol–water partition coefficient (Wildman–Crippen LogP) is 2.13. The first-order chi connectivity index (χ1) is 19.7. The normalized spacial score (nSPS) is 16.9. The number of ether oxygens (including phenoxy) is 1. The zero-order chi connectivity index (χ0) is 29.3. The first-order valence-corrected chi connectivity index (χ1v) is 13.8. The number of likely N-dealkylation sites (N-methyl/N-ethyl adjacent to an activating group) is 1. The van der Waals surface area contributed by atoms with E-state index >= 15 is 0 Å². The number of hydrogen-bond acceptors (Lipinski definition) is 9. The Morgan fingerprint density at radius 3 is 2.71 bits per heavy atom. The summed E-state index contributed by atoms with van der Waals surface area (Å²) in [7, 11) is 3.71. The quantitative estimate of drug-likeness (QED) is 0.270. The van der Waals surface area contributed by atoms with E-state index in [1.807, 2.05) is 13.8 Å². The molecule has 1 fully saturated rings. The highest BCUT2D eigenvalue weighted by Gasteiger charge is 2.37. The fraction of sp³-hybridized carbons (Fsp3) is 0.393. The number of aryl methyl sites for hydroxylation is 1. The van der Waals surface area contributed by atoms with E-state index in [2.05, 4.69) is 42.1 Å². The van der Waals surface area contributed by atoms with Crippen molar-refractivity contribution >= 4 is 46.8 Å². The Kier molecular flexibility index (Phi) is 8.25. The summed E-state index contributed by atoms with van der Waals surface area (Å²) in [5.74, 6) is 0.406. The Balaban J connectivity index is 1.36. The maximum atomic E-state index is 13.8. The molecule has 2 aliphatic heterocycles. The Morgan fingerprint density at radius 1 is 1.22 bits per heavy atom. The van der Waals surface area contributed by atoms with Gasteiger partial charge in [-0.15, -0.1) is 0 Å². The van der Waals surface area contributed by atoms with Crippen LogP contribution in [0, 0.1) is 13.8 Å². The lowest BCUT2D eigenvalue weighted by Gasteiger charge is -2.32. The van der Waals surface area contributed by atoms with Crippen molar-refractivity contribution in [2.45, 2.75) is 20.4 Å². The average Bonchev–Trinajstić information content (AvgIpc) is 3.50. The first-order valence-electron chi connectivity index (χ1n) is 13.4. The lowest BCUT2D eigenvalue weighted by molar-refractivity contribution is -0.113. The lowest BCUT2D eigenvalue weighted by atomic mass is 10.1. The van der Waals surface area contributed by atoms with Gasteiger partial charge >= 0.3 is 0 Å². The molecule has 0 aliphatic carbocycles. The number of nitrogen functional groups attached to an aromatic ring is 1. The minimum Gasteiger partial charge on any atom is -0.496 e. The van der Waals surface area contributed by atoms with Crippen LogP contribution in [-0.4, -0.2) is 95.0 Å². The lowest BCUT2D eigenvalue weighted by Crippen LogP contribution is -2.46. The smallest absolute Gasteiger partial charge is 0.267 e. The average molecular weight is 580 g/mol. The summed E-state index contributed by atoms with van der Waals surface area (Å²) >= 11 is 6.49. The molecule has 4 N–H and O–H groups in total. The number of amides is 2. The summed E-state index contributed by atoms with van der Waals surface area (Å²) in [5.41, 5.74) is 9.87. The van der Waals surface area contributed by atoms with E-state index in [1.165, 1.54) is 4.90 Å². The number of aromatic amines is 1. The molecule has 216 valence electrons. The minimum absolute atomic E-state index is 0.0469. The Bertz CT molecular complexity index is 1510. The zero-order valence-corrected chi connectivity index (χ0v) is 24.4. The van der Waals surface area contributed by atoms with Gasteiger partial charge in [0.2, 0.25) is 5.95 Å². The molecule has 0 spiro atoms. The number of piperazine rings is 1. The van der Waals surface area contributed by atoms with E-state index in [9.17, 15) is 9.59 Å². The van der Waals surface area contributed by atoms with Gasteiger partial charge < -0.3 is 25.7 Å². The summed E-state index contributed by atoms with van der Waals surface area (Å²) in [5, 5.41) is 3.03. The summed E-state index contributed by atoms with van der Waals surface area (Å²) in [6, 6.07) is 3.42. The minimum atomic E-state index is -0.338. The van der Waals surface area contributed by atoms with E-state index in [-0.39, 0.29) is 35.0 Å². The highest BCUT2D eigenvalue weighted by molar-refractivity contribution is 6.41. The van der Waals surface area contributed by atoms with Crippen molar-refractivity contribution in [1.82, 2.24) is 35.1 Å². The molecular formula is C28H34ClN9O3. The summed E-state index contributed by atoms with van der Waals surface area (Å²) < 4.78 is 5.53. The molecular weight excluding hydrogens is 546 g/mol. The van der Waals surface area contributed by atoms with Crippen molar-refractivity contribution in [1.29, 1.82) is 0 Å². The molecule has 0 saturated carbocycles. The van der Waals surface area contributed by atoms with Gasteiger partial charge in [0.05, 0.1) is 30.5 Å². The van der Waals surface area contributed by atoms with Crippen molar-refractivity contribution < 1.29 is 14.3 Å². The van der Waals surface area contributed by atoms with Gasteiger partial charge in [0, 0.05) is 62.3 Å². The molecule has 5 rings (SSSR count). The number of carbonyl (C=O) groups excluding carboxylic acids is 2. The van der Waals surface area contributed by atoms with Crippen molar-refractivity contribution in [3.63, 3.8) is 0 Å². The third-order valence-corrected chi connectivity index (χ3v) is 7.76. The molecule has 2 amide bonds. The first kappa shape index (κ1) is 28.5. The molecule has 2 aliphatic rings. The molecule has 0 bridgehead atoms. The molecule has 0 radical (unpaired) electrons. The van der Waals surface area contributed by atoms with Crippen LogP contribution in [0.4, 0.5) is 11.8 Å². The number of H-pyrrole nitrogens is 1. The van der Waals surface area contributed by atoms with Crippen LogP contribution < -0.4 is 20.7 Å². The summed E-state index contributed by atoms with van der Waals surface area (Å²) in [4.78, 5) is 48.7. The Morgan fingerprint density at radius 2 is 1.98 bits per heavy atom. The van der Waals surface area contributed by atoms with E-state index in [0.29, 0.717) is 40.8 Å². The van der Waals surface area contributed by atoms with Crippen LogP contribution in [0.5, 0.6) is 5.75 Å². The fourth-order valence-electron chi connectivity index (χ4n) is 5.15. The third kappa shape index (κ3) is 5.90. The van der Waals surface area contributed by atoms with Crippen LogP contribution in [0.25, 0.3) is 11.6 Å². The summed E-state index contributed by atoms with van der Waals surface area (Å²) in [6.45, 7) is 9.30. The largest absolute Gasteiger partial charge is 0.496 e. The highest BCUT2D eigenvalue weighted by atomic mass is 35.5. The van der Waals surface area contributed by atoms with Crippen molar-refractivity contribution in [2.75, 3.05) is 64.1 Å². The van der Waals surface area contributed by atoms with Gasteiger partial charge in [0.1, 0.15) is 16.6 Å². The van der Waals surface area contributed by atoms with Gasteiger partial charge in [0.15, 0.2) is 5.82 Å². The van der Waals surface area contributed by atoms with Crippen LogP contribution in [0.3, 0.4) is 0 Å². The maximum Gasteiger partial charge on any atom is 0.267 e. The number of anilines is 2. The number of pyridine rings is 1. The number of nitrogens with two attached hydrogens (primary N) is 1. The van der Waals surface area contributed by atoms with Gasteiger partial charge in [0.25, 0.3) is 11.8 Å². The predicted molar refractivity (Wildman–Crippen MR) is 158 cm³/mol. The molecule has 0 unspecified atom stereocenters. The SMILES string of the molecule is COc1c(C)cnc(CN2C(=O)/C(=C\c3ccc(C(=O)NCCN4CCN(C)CC4)[nH]3)c3c(Cl)nc(N)nc32)c1C. The standard InChI is InChI=1S/C28H34ClN9O3/c1-16-14-32-21(17(2)23(16)41-4)15-38-25-22(24(29)34-28(30)35-25)19(27(38)40)13-18-5-6-20(33-18)26(39)31-7-8-37-11-9-36(3)10-12-37/h5-6,13-14,33H,7-12,15H2,1-4H3,(H,31,39)(H2,30,34,35)/b19-13-. The second kappa shape index (κ2) is 11.9. The zero-order valence-electron chi connectivity index (χ0n) is 23.6. The second-order valence-corrected chi connectivity index (χ2v) is 10.7. The van der Waals surface area contributed by atoms with E-state index in [1.54, 1.807) is 31.5 Å². The molecule has 13 heteroatoms. The molecule has 0 atom stereocenters. The van der Waals surface area contributed by atoms with Gasteiger partial charge in [-0.25, -0.2) is 4.98 Å². The molecule has 1 saturated heterocycles. The summed E-state index contributed by atoms with van der Waals surface area (Å²) in [6.07, 6.45) is 3.35. The topological polar surface area (TPSA) is 146 Å². The number of hydrogen-bond donors (Lipinski definition) is 3. The van der Waals surface area contributed by atoms with E-state index in [4.69, 9.17) is 22.1 Å². The van der Waals surface area contributed by atoms with Gasteiger partial charge in [-0.1, -0.05) is 11.6 Å². The number of aromatic nitrogens is 4. The number of nitrogens with zero attached hydrogens (tertiary/aromatic N) is 6. The van der Waals surface area contributed by atoms with Crippen molar-refractivity contribution in [2.24, 2.45) is 0 Å². The van der Waals surface area contributed by atoms with Crippen LogP contribution in [0.15, 0.2) is 18.3 Å². The Hall–Kier alpha value is -4.00. The molecule has 3 aromatic heterocycles. The molecule has 0 aromatic carbocycles. The molecule has 5 heterocycles. The van der Waals surface area contributed by atoms with Gasteiger partial charge in [-0.3, -0.25) is 24.4 Å². The van der Waals surface area contributed by atoms with Crippen molar-refractivity contribution in [3.8, 4) is 5.75 Å². The maximum absolute atomic E-state index is 13.8. The van der Waals surface area contributed by atoms with E-state index in [0.717, 1.165) is 43.9 Å². The number of nitrogens with one attached hydrogen (secondary N) is 2. The van der Waals surface area contributed by atoms with Gasteiger partial charge in [-0.2, -0.15) is 4.98 Å². The number of rotatable bonds is 8. The molecule has 41 heavy (non-hydrogen) atoms.